The van der Waals surface area contributed by atoms with Crippen LogP contribution in [-0.2, 0) is 0 Å². The second kappa shape index (κ2) is 5.14. The highest BCUT2D eigenvalue weighted by molar-refractivity contribution is 6.04. The molecule has 2 aromatic rings. The van der Waals surface area contributed by atoms with Gasteiger partial charge in [0.15, 0.2) is 11.6 Å². The standard InChI is InChI=1S/C14H12F2N2O/c1-8-6-7-12(9(2)17-8)18-14(19)10-4-3-5-11(15)13(10)16/h3-7H,1-2H3,(H,18,19). The van der Waals surface area contributed by atoms with E-state index in [0.717, 1.165) is 11.8 Å². The van der Waals surface area contributed by atoms with Gasteiger partial charge in [-0.3, -0.25) is 9.78 Å². The molecule has 0 atom stereocenters. The van der Waals surface area contributed by atoms with E-state index in [1.165, 1.54) is 12.1 Å². The van der Waals surface area contributed by atoms with Crippen LogP contribution < -0.4 is 5.32 Å². The molecule has 2 rings (SSSR count). The van der Waals surface area contributed by atoms with Crippen molar-refractivity contribution < 1.29 is 13.6 Å². The van der Waals surface area contributed by atoms with Crippen LogP contribution in [0.5, 0.6) is 0 Å². The zero-order chi connectivity index (χ0) is 14.0. The van der Waals surface area contributed by atoms with Crippen LogP contribution in [0.4, 0.5) is 14.5 Å². The first kappa shape index (κ1) is 13.1. The number of aromatic nitrogens is 1. The molecule has 0 saturated carbocycles. The number of benzene rings is 1. The Hall–Kier alpha value is -2.30. The third-order valence-electron chi connectivity index (χ3n) is 2.67. The number of amides is 1. The molecule has 0 fully saturated rings. The SMILES string of the molecule is Cc1ccc(NC(=O)c2cccc(F)c2F)c(C)n1. The molecule has 1 amide bonds. The van der Waals surface area contributed by atoms with Crippen LogP contribution in [0.3, 0.4) is 0 Å². The minimum Gasteiger partial charge on any atom is -0.320 e. The number of nitrogens with one attached hydrogen (secondary N) is 1. The van der Waals surface area contributed by atoms with Gasteiger partial charge in [-0.25, -0.2) is 8.78 Å². The van der Waals surface area contributed by atoms with Gasteiger partial charge in [-0.2, -0.15) is 0 Å². The number of nitrogens with zero attached hydrogens (tertiary/aromatic N) is 1. The molecule has 19 heavy (non-hydrogen) atoms. The lowest BCUT2D eigenvalue weighted by molar-refractivity contribution is 0.102. The molecule has 1 N–H and O–H groups in total. The normalized spacial score (nSPS) is 10.3. The average molecular weight is 262 g/mol. The minimum absolute atomic E-state index is 0.333. The predicted octanol–water partition coefficient (Wildman–Crippen LogP) is 3.23. The highest BCUT2D eigenvalue weighted by Crippen LogP contribution is 2.16. The largest absolute Gasteiger partial charge is 0.320 e. The van der Waals surface area contributed by atoms with E-state index < -0.39 is 17.5 Å². The molecule has 0 radical (unpaired) electrons. The number of carbonyl (C=O) groups excluding carboxylic acids is 1. The Morgan fingerprint density at radius 2 is 1.89 bits per heavy atom. The predicted molar refractivity (Wildman–Crippen MR) is 68.0 cm³/mol. The summed E-state index contributed by atoms with van der Waals surface area (Å²) in [6.07, 6.45) is 0. The summed E-state index contributed by atoms with van der Waals surface area (Å²) in [5.41, 5.74) is 1.57. The van der Waals surface area contributed by atoms with E-state index in [0.29, 0.717) is 11.4 Å². The maximum absolute atomic E-state index is 13.5. The van der Waals surface area contributed by atoms with Gasteiger partial charge in [0.2, 0.25) is 0 Å². The van der Waals surface area contributed by atoms with Gasteiger partial charge in [-0.05, 0) is 38.1 Å². The summed E-state index contributed by atoms with van der Waals surface area (Å²) < 4.78 is 26.5. The van der Waals surface area contributed by atoms with Crippen molar-refractivity contribution in [1.82, 2.24) is 4.98 Å². The average Bonchev–Trinajstić information content (AvgIpc) is 2.36. The molecule has 3 nitrogen and oxygen atoms in total. The fourth-order valence-electron chi connectivity index (χ4n) is 1.69. The van der Waals surface area contributed by atoms with E-state index in [1.54, 1.807) is 19.1 Å². The number of aryl methyl sites for hydroxylation is 2. The fourth-order valence-corrected chi connectivity index (χ4v) is 1.69. The van der Waals surface area contributed by atoms with Crippen molar-refractivity contribution in [3.63, 3.8) is 0 Å². The highest BCUT2D eigenvalue weighted by atomic mass is 19.2. The number of halogens is 2. The molecule has 0 unspecified atom stereocenters. The Kier molecular flexibility index (Phi) is 3.55. The maximum atomic E-state index is 13.5. The lowest BCUT2D eigenvalue weighted by Crippen LogP contribution is -2.15. The molecule has 0 aliphatic rings. The van der Waals surface area contributed by atoms with Gasteiger partial charge in [0.05, 0.1) is 16.9 Å². The van der Waals surface area contributed by atoms with Crippen LogP contribution in [0.25, 0.3) is 0 Å². The lowest BCUT2D eigenvalue weighted by Gasteiger charge is -2.09. The monoisotopic (exact) mass is 262 g/mol. The van der Waals surface area contributed by atoms with Gasteiger partial charge in [-0.15, -0.1) is 0 Å². The molecule has 1 aromatic carbocycles. The maximum Gasteiger partial charge on any atom is 0.258 e. The van der Waals surface area contributed by atoms with E-state index >= 15 is 0 Å². The van der Waals surface area contributed by atoms with Gasteiger partial charge < -0.3 is 5.32 Å². The van der Waals surface area contributed by atoms with Gasteiger partial charge in [0.1, 0.15) is 0 Å². The van der Waals surface area contributed by atoms with Crippen molar-refractivity contribution in [3.8, 4) is 0 Å². The van der Waals surface area contributed by atoms with E-state index in [9.17, 15) is 13.6 Å². The fraction of sp³-hybridized carbons (Fsp3) is 0.143. The minimum atomic E-state index is -1.15. The van der Waals surface area contributed by atoms with Gasteiger partial charge in [0, 0.05) is 5.69 Å². The van der Waals surface area contributed by atoms with Crippen molar-refractivity contribution >= 4 is 11.6 Å². The number of pyridine rings is 1. The van der Waals surface area contributed by atoms with E-state index in [4.69, 9.17) is 0 Å². The Morgan fingerprint density at radius 1 is 1.16 bits per heavy atom. The van der Waals surface area contributed by atoms with Crippen molar-refractivity contribution in [2.24, 2.45) is 0 Å². The Morgan fingerprint density at radius 3 is 2.58 bits per heavy atom. The van der Waals surface area contributed by atoms with E-state index in [2.05, 4.69) is 10.3 Å². The number of hydrogen-bond donors (Lipinski definition) is 1. The molecule has 1 heterocycles. The summed E-state index contributed by atoms with van der Waals surface area (Å²) in [4.78, 5) is 16.1. The van der Waals surface area contributed by atoms with Crippen molar-refractivity contribution in [1.29, 1.82) is 0 Å². The third-order valence-corrected chi connectivity index (χ3v) is 2.67. The summed E-state index contributed by atoms with van der Waals surface area (Å²) in [5, 5.41) is 2.51. The van der Waals surface area contributed by atoms with Crippen LogP contribution in [0.15, 0.2) is 30.3 Å². The summed E-state index contributed by atoms with van der Waals surface area (Å²) >= 11 is 0. The van der Waals surface area contributed by atoms with Crippen molar-refractivity contribution in [3.05, 3.63) is 58.9 Å². The summed E-state index contributed by atoms with van der Waals surface area (Å²) in [7, 11) is 0. The third kappa shape index (κ3) is 2.76. The molecule has 1 aromatic heterocycles. The van der Waals surface area contributed by atoms with Crippen LogP contribution in [0.2, 0.25) is 0 Å². The number of rotatable bonds is 2. The first-order valence-electron chi connectivity index (χ1n) is 5.68. The van der Waals surface area contributed by atoms with Crippen LogP contribution in [0, 0.1) is 25.5 Å². The number of hydrogen-bond acceptors (Lipinski definition) is 2. The molecule has 98 valence electrons. The molecule has 0 aliphatic carbocycles. The number of carbonyl (C=O) groups is 1. The lowest BCUT2D eigenvalue weighted by atomic mass is 10.2. The quantitative estimate of drug-likeness (QED) is 0.902. The topological polar surface area (TPSA) is 42.0 Å². The zero-order valence-electron chi connectivity index (χ0n) is 10.5. The highest BCUT2D eigenvalue weighted by Gasteiger charge is 2.15. The first-order chi connectivity index (χ1) is 8.99. The molecule has 0 aliphatic heterocycles. The van der Waals surface area contributed by atoms with Gasteiger partial charge in [0.25, 0.3) is 5.91 Å². The van der Waals surface area contributed by atoms with Crippen molar-refractivity contribution in [2.45, 2.75) is 13.8 Å². The molecule has 5 heteroatoms. The number of anilines is 1. The van der Waals surface area contributed by atoms with Crippen LogP contribution in [0.1, 0.15) is 21.7 Å². The van der Waals surface area contributed by atoms with Gasteiger partial charge in [-0.1, -0.05) is 6.07 Å². The molecule has 0 spiro atoms. The molecule has 0 bridgehead atoms. The second-order valence-corrected chi connectivity index (χ2v) is 4.14. The Labute approximate surface area is 109 Å². The Bertz CT molecular complexity index is 641. The van der Waals surface area contributed by atoms with E-state index in [1.807, 2.05) is 6.92 Å². The summed E-state index contributed by atoms with van der Waals surface area (Å²) in [5.74, 6) is -2.91. The van der Waals surface area contributed by atoms with Crippen LogP contribution in [-0.4, -0.2) is 10.9 Å². The second-order valence-electron chi connectivity index (χ2n) is 4.14. The molecular weight excluding hydrogens is 250 g/mol. The summed E-state index contributed by atoms with van der Waals surface area (Å²) in [6, 6.07) is 6.88. The molecular formula is C14H12F2N2O. The first-order valence-corrected chi connectivity index (χ1v) is 5.68. The van der Waals surface area contributed by atoms with E-state index in [-0.39, 0.29) is 5.56 Å². The van der Waals surface area contributed by atoms with Crippen molar-refractivity contribution in [2.75, 3.05) is 5.32 Å². The Balaban J connectivity index is 2.28. The smallest absolute Gasteiger partial charge is 0.258 e. The zero-order valence-corrected chi connectivity index (χ0v) is 10.5. The summed E-state index contributed by atoms with van der Waals surface area (Å²) in [6.45, 7) is 3.55. The molecule has 0 saturated heterocycles. The van der Waals surface area contributed by atoms with Crippen LogP contribution >= 0.6 is 0 Å². The van der Waals surface area contributed by atoms with Gasteiger partial charge >= 0.3 is 0 Å².